The number of rotatable bonds is 6. The molecule has 9 nitrogen and oxygen atoms in total. The number of nitrogens with zero attached hydrogens (tertiary/aromatic N) is 1. The van der Waals surface area contributed by atoms with Crippen molar-refractivity contribution in [1.82, 2.24) is 10.2 Å². The molecular formula is C17H16N2O7S. The third-order valence-corrected chi connectivity index (χ3v) is 5.60. The van der Waals surface area contributed by atoms with E-state index in [1.807, 2.05) is 0 Å². The predicted octanol–water partition coefficient (Wildman–Crippen LogP) is 0.383. The van der Waals surface area contributed by atoms with Crippen LogP contribution >= 0.6 is 11.8 Å². The molecule has 1 aromatic rings. The number of amides is 2. The van der Waals surface area contributed by atoms with E-state index < -0.39 is 35.2 Å². The highest BCUT2D eigenvalue weighted by atomic mass is 32.2. The van der Waals surface area contributed by atoms with Gasteiger partial charge in [0.2, 0.25) is 0 Å². The van der Waals surface area contributed by atoms with Crippen LogP contribution in [0.5, 0.6) is 0 Å². The van der Waals surface area contributed by atoms with E-state index in [9.17, 15) is 29.4 Å². The van der Waals surface area contributed by atoms with Gasteiger partial charge in [0.05, 0.1) is 17.7 Å². The summed E-state index contributed by atoms with van der Waals surface area (Å²) in [6.07, 6.45) is 0. The van der Waals surface area contributed by atoms with Gasteiger partial charge in [-0.05, 0) is 17.7 Å². The van der Waals surface area contributed by atoms with Crippen LogP contribution in [0.25, 0.3) is 0 Å². The van der Waals surface area contributed by atoms with E-state index in [1.165, 1.54) is 43.1 Å². The number of benzene rings is 1. The van der Waals surface area contributed by atoms with Crippen molar-refractivity contribution in [3.05, 3.63) is 46.7 Å². The van der Waals surface area contributed by atoms with Gasteiger partial charge >= 0.3 is 11.9 Å². The molecule has 142 valence electrons. The van der Waals surface area contributed by atoms with Crippen LogP contribution in [-0.2, 0) is 14.3 Å². The lowest BCUT2D eigenvalue weighted by Gasteiger charge is -2.49. The van der Waals surface area contributed by atoms with Crippen molar-refractivity contribution in [1.29, 1.82) is 0 Å². The Morgan fingerprint density at radius 3 is 2.48 bits per heavy atom. The maximum atomic E-state index is 12.5. The monoisotopic (exact) mass is 392 g/mol. The maximum absolute atomic E-state index is 12.5. The summed E-state index contributed by atoms with van der Waals surface area (Å²) in [4.78, 5) is 48.9. The van der Waals surface area contributed by atoms with Crippen LogP contribution in [0.4, 0.5) is 0 Å². The molecule has 3 rings (SSSR count). The molecule has 10 heteroatoms. The minimum atomic E-state index is -1.25. The molecule has 2 amide bonds. The number of ether oxygens (including phenoxy) is 1. The summed E-state index contributed by atoms with van der Waals surface area (Å²) in [6, 6.07) is 4.74. The lowest BCUT2D eigenvalue weighted by molar-refractivity contribution is -0.148. The zero-order valence-electron chi connectivity index (χ0n) is 14.2. The van der Waals surface area contributed by atoms with Crippen molar-refractivity contribution in [2.75, 3.05) is 19.5 Å². The number of carbonyl (C=O) groups excluding carboxylic acids is 2. The quantitative estimate of drug-likeness (QED) is 0.592. The van der Waals surface area contributed by atoms with Gasteiger partial charge in [-0.2, -0.15) is 0 Å². The smallest absolute Gasteiger partial charge is 0.352 e. The van der Waals surface area contributed by atoms with Gasteiger partial charge in [0, 0.05) is 12.9 Å². The molecule has 1 aromatic carbocycles. The Hall–Kier alpha value is -2.85. The number of carboxylic acids is 2. The maximum Gasteiger partial charge on any atom is 0.352 e. The van der Waals surface area contributed by atoms with Crippen LogP contribution < -0.4 is 5.32 Å². The first kappa shape index (κ1) is 18.9. The first-order chi connectivity index (χ1) is 12.9. The molecule has 0 bridgehead atoms. The van der Waals surface area contributed by atoms with Gasteiger partial charge in [-0.15, -0.1) is 11.8 Å². The summed E-state index contributed by atoms with van der Waals surface area (Å²) in [7, 11) is 1.43. The van der Waals surface area contributed by atoms with Gasteiger partial charge in [-0.25, -0.2) is 9.59 Å². The first-order valence-electron chi connectivity index (χ1n) is 7.89. The summed E-state index contributed by atoms with van der Waals surface area (Å²) in [6.45, 7) is 0.0914. The van der Waals surface area contributed by atoms with Crippen molar-refractivity contribution < 1.29 is 34.1 Å². The lowest BCUT2D eigenvalue weighted by Crippen LogP contribution is -2.70. The van der Waals surface area contributed by atoms with Gasteiger partial charge < -0.3 is 20.3 Å². The predicted molar refractivity (Wildman–Crippen MR) is 94.3 cm³/mol. The van der Waals surface area contributed by atoms with Gasteiger partial charge in [0.15, 0.2) is 0 Å². The number of nitrogens with one attached hydrogen (secondary N) is 1. The van der Waals surface area contributed by atoms with Gasteiger partial charge in [0.1, 0.15) is 17.1 Å². The molecule has 2 aliphatic heterocycles. The topological polar surface area (TPSA) is 133 Å². The molecular weight excluding hydrogens is 376 g/mol. The minimum Gasteiger partial charge on any atom is -0.478 e. The van der Waals surface area contributed by atoms with Crippen LogP contribution in [0.2, 0.25) is 0 Å². The Kier molecular flexibility index (Phi) is 5.19. The highest BCUT2D eigenvalue weighted by Gasteiger charge is 2.54. The number of aliphatic carboxylic acids is 1. The SMILES string of the molecule is COCC1=C(C(=O)O)N2C(=O)C(NC(=O)c3ccccc3C(=O)O)[C@@H]2SC1. The van der Waals surface area contributed by atoms with Gasteiger partial charge in [-0.1, -0.05) is 12.1 Å². The van der Waals surface area contributed by atoms with Crippen molar-refractivity contribution in [2.45, 2.75) is 11.4 Å². The third-order valence-electron chi connectivity index (χ3n) is 4.26. The molecule has 1 unspecified atom stereocenters. The number of carbonyl (C=O) groups is 4. The second kappa shape index (κ2) is 7.41. The van der Waals surface area contributed by atoms with E-state index >= 15 is 0 Å². The second-order valence-electron chi connectivity index (χ2n) is 5.90. The summed E-state index contributed by atoms with van der Waals surface area (Å²) in [5.74, 6) is -3.40. The van der Waals surface area contributed by atoms with Gasteiger partial charge in [0.25, 0.3) is 11.8 Å². The van der Waals surface area contributed by atoms with Crippen molar-refractivity contribution in [2.24, 2.45) is 0 Å². The van der Waals surface area contributed by atoms with E-state index in [1.54, 1.807) is 0 Å². The number of thioether (sulfide) groups is 1. The zero-order chi connectivity index (χ0) is 19.7. The first-order valence-corrected chi connectivity index (χ1v) is 8.93. The molecule has 2 aliphatic rings. The van der Waals surface area contributed by atoms with Crippen molar-refractivity contribution in [3.63, 3.8) is 0 Å². The van der Waals surface area contributed by atoms with Crippen LogP contribution in [-0.4, -0.2) is 69.8 Å². The molecule has 1 saturated heterocycles. The Labute approximate surface area is 158 Å². The lowest BCUT2D eigenvalue weighted by atomic mass is 10.0. The summed E-state index contributed by atoms with van der Waals surface area (Å²) < 4.78 is 4.99. The van der Waals surface area contributed by atoms with Crippen molar-refractivity contribution in [3.8, 4) is 0 Å². The van der Waals surface area contributed by atoms with E-state index in [-0.39, 0.29) is 23.4 Å². The highest BCUT2D eigenvalue weighted by Crippen LogP contribution is 2.40. The molecule has 0 saturated carbocycles. The summed E-state index contributed by atoms with van der Waals surface area (Å²) in [5, 5.41) is 20.6. The van der Waals surface area contributed by atoms with Crippen LogP contribution in [0.3, 0.4) is 0 Å². The fourth-order valence-electron chi connectivity index (χ4n) is 3.06. The Morgan fingerprint density at radius 2 is 1.89 bits per heavy atom. The fourth-order valence-corrected chi connectivity index (χ4v) is 4.38. The molecule has 1 fully saturated rings. The number of β-lactam (4-membered cyclic amide) rings is 1. The number of hydrogen-bond donors (Lipinski definition) is 3. The van der Waals surface area contributed by atoms with E-state index in [0.717, 1.165) is 4.90 Å². The Morgan fingerprint density at radius 1 is 1.22 bits per heavy atom. The van der Waals surface area contributed by atoms with Crippen LogP contribution in [0.15, 0.2) is 35.5 Å². The molecule has 27 heavy (non-hydrogen) atoms. The van der Waals surface area contributed by atoms with Crippen molar-refractivity contribution >= 4 is 35.5 Å². The number of aromatic carboxylic acids is 1. The highest BCUT2D eigenvalue weighted by molar-refractivity contribution is 8.00. The number of fused-ring (bicyclic) bond motifs is 1. The number of hydrogen-bond acceptors (Lipinski definition) is 6. The third kappa shape index (κ3) is 3.28. The van der Waals surface area contributed by atoms with E-state index in [4.69, 9.17) is 4.74 Å². The zero-order valence-corrected chi connectivity index (χ0v) is 15.0. The Bertz CT molecular complexity index is 867. The number of carboxylic acid groups (broad SMARTS) is 2. The largest absolute Gasteiger partial charge is 0.478 e. The molecule has 2 heterocycles. The average Bonchev–Trinajstić information content (AvgIpc) is 2.65. The Balaban J connectivity index is 1.81. The molecule has 0 aliphatic carbocycles. The van der Waals surface area contributed by atoms with Gasteiger partial charge in [-0.3, -0.25) is 14.5 Å². The molecule has 3 N–H and O–H groups in total. The molecule has 0 radical (unpaired) electrons. The minimum absolute atomic E-state index is 0.0638. The standard InChI is InChI=1S/C17H16N2O7S/c1-26-6-8-7-27-15-11(14(21)19(15)12(8)17(24)25)18-13(20)9-4-2-3-5-10(9)16(22)23/h2-5,11,15H,6-7H2,1H3,(H,18,20)(H,22,23)(H,24,25)/t11?,15-/m0/s1. The normalized spacial score (nSPS) is 21.4. The molecule has 0 aromatic heterocycles. The summed E-state index contributed by atoms with van der Waals surface area (Å²) >= 11 is 1.31. The average molecular weight is 392 g/mol. The number of methoxy groups -OCH3 is 1. The van der Waals surface area contributed by atoms with E-state index in [2.05, 4.69) is 5.32 Å². The molecule has 0 spiro atoms. The van der Waals surface area contributed by atoms with Crippen LogP contribution in [0.1, 0.15) is 20.7 Å². The molecule has 2 atom stereocenters. The second-order valence-corrected chi connectivity index (χ2v) is 7.01. The van der Waals surface area contributed by atoms with E-state index in [0.29, 0.717) is 11.3 Å². The van der Waals surface area contributed by atoms with Crippen LogP contribution in [0, 0.1) is 0 Å². The summed E-state index contributed by atoms with van der Waals surface area (Å²) in [5.41, 5.74) is 0.122. The fraction of sp³-hybridized carbons (Fsp3) is 0.294.